The summed E-state index contributed by atoms with van der Waals surface area (Å²) in [7, 11) is 0. The van der Waals surface area contributed by atoms with E-state index in [1.165, 1.54) is 25.7 Å². The van der Waals surface area contributed by atoms with Gasteiger partial charge in [0.2, 0.25) is 0 Å². The number of ether oxygens (including phenoxy) is 4. The lowest BCUT2D eigenvalue weighted by molar-refractivity contribution is -0.366. The summed E-state index contributed by atoms with van der Waals surface area (Å²) >= 11 is 0. The second kappa shape index (κ2) is 6.44. The SMILES string of the molecule is CC12OCCOC3[C@H]4[C@@H]5CC=C6CCCC[C@]6(C)C5=CC[C@]4(C)[C@]1(O)[C@]3(C)OCCO2. The highest BCUT2D eigenvalue weighted by Crippen LogP contribution is 2.71. The molecular formula is C26H38O5. The maximum Gasteiger partial charge on any atom is 0.198 e. The molecule has 6 aliphatic rings. The predicted octanol–water partition coefficient (Wildman–Crippen LogP) is 4.15. The lowest BCUT2D eigenvalue weighted by atomic mass is 9.50. The molecule has 0 aromatic heterocycles. The van der Waals surface area contributed by atoms with Crippen LogP contribution in [0.25, 0.3) is 0 Å². The Morgan fingerprint density at radius 1 is 0.935 bits per heavy atom. The molecule has 4 aliphatic carbocycles. The zero-order valence-corrected chi connectivity index (χ0v) is 19.5. The van der Waals surface area contributed by atoms with Crippen molar-refractivity contribution in [2.75, 3.05) is 26.4 Å². The van der Waals surface area contributed by atoms with Gasteiger partial charge in [0, 0.05) is 16.7 Å². The average Bonchev–Trinajstić information content (AvgIpc) is 2.83. The summed E-state index contributed by atoms with van der Waals surface area (Å²) in [6.45, 7) is 10.4. The third-order valence-corrected chi connectivity index (χ3v) is 10.3. The van der Waals surface area contributed by atoms with Gasteiger partial charge in [0.05, 0.1) is 32.5 Å². The number of aliphatic hydroxyl groups is 1. The van der Waals surface area contributed by atoms with Gasteiger partial charge >= 0.3 is 0 Å². The molecule has 6 rings (SSSR count). The fourth-order valence-electron chi connectivity index (χ4n) is 8.93. The van der Waals surface area contributed by atoms with Gasteiger partial charge in [0.1, 0.15) is 5.60 Å². The van der Waals surface area contributed by atoms with Crippen molar-refractivity contribution >= 4 is 0 Å². The summed E-state index contributed by atoms with van der Waals surface area (Å²) in [4.78, 5) is 0. The first-order valence-corrected chi connectivity index (χ1v) is 12.4. The minimum absolute atomic E-state index is 0.154. The molecule has 0 aromatic rings. The minimum Gasteiger partial charge on any atom is -0.380 e. The second-order valence-corrected chi connectivity index (χ2v) is 11.5. The topological polar surface area (TPSA) is 57.2 Å². The van der Waals surface area contributed by atoms with E-state index in [0.29, 0.717) is 32.3 Å². The van der Waals surface area contributed by atoms with Crippen molar-refractivity contribution in [2.45, 2.75) is 89.3 Å². The number of fused-ring (bicyclic) bond motifs is 6. The van der Waals surface area contributed by atoms with Crippen LogP contribution >= 0.6 is 0 Å². The Kier molecular flexibility index (Phi) is 4.34. The highest BCUT2D eigenvalue weighted by molar-refractivity contribution is 5.42. The highest BCUT2D eigenvalue weighted by atomic mass is 16.7. The van der Waals surface area contributed by atoms with Crippen LogP contribution in [0.3, 0.4) is 0 Å². The van der Waals surface area contributed by atoms with Crippen molar-refractivity contribution in [3.63, 3.8) is 0 Å². The third-order valence-electron chi connectivity index (χ3n) is 10.3. The van der Waals surface area contributed by atoms with Crippen molar-refractivity contribution in [2.24, 2.45) is 22.7 Å². The van der Waals surface area contributed by atoms with Crippen LogP contribution in [0, 0.1) is 22.7 Å². The van der Waals surface area contributed by atoms with Crippen LogP contribution in [-0.2, 0) is 18.9 Å². The quantitative estimate of drug-likeness (QED) is 0.585. The molecule has 2 saturated carbocycles. The molecule has 5 nitrogen and oxygen atoms in total. The first-order chi connectivity index (χ1) is 14.7. The maximum atomic E-state index is 12.7. The number of rotatable bonds is 0. The lowest BCUT2D eigenvalue weighted by Crippen LogP contribution is -2.72. The van der Waals surface area contributed by atoms with E-state index in [2.05, 4.69) is 32.9 Å². The van der Waals surface area contributed by atoms with Crippen molar-refractivity contribution in [1.29, 1.82) is 0 Å². The number of hydrogen-bond donors (Lipinski definition) is 1. The Bertz CT molecular complexity index is 851. The second-order valence-electron chi connectivity index (χ2n) is 11.5. The fourth-order valence-corrected chi connectivity index (χ4v) is 8.93. The van der Waals surface area contributed by atoms with Gasteiger partial charge in [-0.2, -0.15) is 0 Å². The summed E-state index contributed by atoms with van der Waals surface area (Å²) < 4.78 is 25.6. The normalized spacial score (nSPS) is 56.1. The molecule has 172 valence electrons. The number of allylic oxidation sites excluding steroid dienone is 4. The van der Waals surface area contributed by atoms with Crippen LogP contribution in [0.1, 0.15) is 66.2 Å². The van der Waals surface area contributed by atoms with Crippen LogP contribution in [0.2, 0.25) is 0 Å². The molecule has 4 bridgehead atoms. The Morgan fingerprint density at radius 2 is 1.68 bits per heavy atom. The van der Waals surface area contributed by atoms with E-state index in [1.54, 1.807) is 11.1 Å². The molecule has 8 atom stereocenters. The van der Waals surface area contributed by atoms with E-state index in [1.807, 2.05) is 6.92 Å². The third kappa shape index (κ3) is 2.26. The lowest BCUT2D eigenvalue weighted by Gasteiger charge is -2.58. The number of hydrogen-bond acceptors (Lipinski definition) is 5. The van der Waals surface area contributed by atoms with E-state index in [-0.39, 0.29) is 17.4 Å². The Hall–Kier alpha value is -0.720. The molecule has 2 heterocycles. The summed E-state index contributed by atoms with van der Waals surface area (Å²) in [5.41, 5.74) is 0.708. The minimum atomic E-state index is -1.32. The summed E-state index contributed by atoms with van der Waals surface area (Å²) in [6.07, 6.45) is 11.7. The summed E-state index contributed by atoms with van der Waals surface area (Å²) in [6, 6.07) is 0. The van der Waals surface area contributed by atoms with E-state index >= 15 is 0 Å². The zero-order chi connectivity index (χ0) is 21.7. The van der Waals surface area contributed by atoms with Crippen molar-refractivity contribution in [3.05, 3.63) is 23.3 Å². The molecule has 1 N–H and O–H groups in total. The molecule has 0 spiro atoms. The van der Waals surface area contributed by atoms with Crippen LogP contribution in [0.5, 0.6) is 0 Å². The molecule has 0 amide bonds. The van der Waals surface area contributed by atoms with Gasteiger partial charge in [-0.25, -0.2) is 0 Å². The molecule has 2 saturated heterocycles. The smallest absolute Gasteiger partial charge is 0.198 e. The van der Waals surface area contributed by atoms with Gasteiger partial charge < -0.3 is 24.1 Å². The first-order valence-electron chi connectivity index (χ1n) is 12.4. The molecule has 2 unspecified atom stereocenters. The maximum absolute atomic E-state index is 12.7. The van der Waals surface area contributed by atoms with E-state index in [0.717, 1.165) is 12.8 Å². The van der Waals surface area contributed by atoms with E-state index in [9.17, 15) is 5.11 Å². The Morgan fingerprint density at radius 3 is 2.48 bits per heavy atom. The highest BCUT2D eigenvalue weighted by Gasteiger charge is 2.82. The standard InChI is InChI=1S/C26H38O5/c1-22-11-6-5-7-17(22)8-9-18-19(22)10-12-23(2)20(18)21-24(3)26(23,27)25(4,30-14-13-28-21)31-16-15-29-24/h8,10,18,20-21,27H,5-7,9,11-16H2,1-4H3/t18-,20-,21?,22+,23+,24-,25?,26+/m1/s1. The van der Waals surface area contributed by atoms with Crippen molar-refractivity contribution < 1.29 is 24.1 Å². The monoisotopic (exact) mass is 430 g/mol. The van der Waals surface area contributed by atoms with Crippen molar-refractivity contribution in [1.82, 2.24) is 0 Å². The zero-order valence-electron chi connectivity index (χ0n) is 19.5. The molecule has 0 radical (unpaired) electrons. The van der Waals surface area contributed by atoms with Gasteiger partial charge in [0.15, 0.2) is 11.4 Å². The van der Waals surface area contributed by atoms with Crippen LogP contribution in [0.4, 0.5) is 0 Å². The largest absolute Gasteiger partial charge is 0.380 e. The molecule has 2 aliphatic heterocycles. The molecule has 0 aromatic carbocycles. The van der Waals surface area contributed by atoms with Gasteiger partial charge in [0.25, 0.3) is 0 Å². The van der Waals surface area contributed by atoms with Crippen LogP contribution < -0.4 is 0 Å². The van der Waals surface area contributed by atoms with Crippen LogP contribution in [-0.4, -0.2) is 54.6 Å². The van der Waals surface area contributed by atoms with E-state index < -0.39 is 22.4 Å². The Balaban J connectivity index is 1.55. The molecule has 4 fully saturated rings. The Labute approximate surface area is 186 Å². The summed E-state index contributed by atoms with van der Waals surface area (Å²) in [5, 5.41) is 12.7. The van der Waals surface area contributed by atoms with Gasteiger partial charge in [-0.3, -0.25) is 0 Å². The van der Waals surface area contributed by atoms with Crippen LogP contribution in [0.15, 0.2) is 23.3 Å². The van der Waals surface area contributed by atoms with Gasteiger partial charge in [-0.1, -0.05) is 43.6 Å². The molecule has 31 heavy (non-hydrogen) atoms. The van der Waals surface area contributed by atoms with Gasteiger partial charge in [-0.05, 0) is 51.9 Å². The summed E-state index contributed by atoms with van der Waals surface area (Å²) in [5.74, 6) is -0.615. The van der Waals surface area contributed by atoms with E-state index in [4.69, 9.17) is 18.9 Å². The predicted molar refractivity (Wildman–Crippen MR) is 116 cm³/mol. The molecule has 5 heteroatoms. The first kappa shape index (κ1) is 20.9. The van der Waals surface area contributed by atoms with Gasteiger partial charge in [-0.15, -0.1) is 0 Å². The average molecular weight is 431 g/mol. The molecular weight excluding hydrogens is 392 g/mol. The fraction of sp³-hybridized carbons (Fsp3) is 0.846. The van der Waals surface area contributed by atoms with Crippen molar-refractivity contribution in [3.8, 4) is 0 Å².